The van der Waals surface area contributed by atoms with Crippen LogP contribution in [0.2, 0.25) is 0 Å². The minimum atomic E-state index is -4.55. The first-order chi connectivity index (χ1) is 10.2. The third kappa shape index (κ3) is 3.21. The monoisotopic (exact) mass is 314 g/mol. The van der Waals surface area contributed by atoms with Gasteiger partial charge in [-0.05, 0) is 24.6 Å². The van der Waals surface area contributed by atoms with Crippen LogP contribution in [-0.4, -0.2) is 28.0 Å². The minimum absolute atomic E-state index is 0.271. The highest BCUT2D eigenvalue weighted by atomic mass is 19.4. The Morgan fingerprint density at radius 1 is 1.41 bits per heavy atom. The first-order valence-corrected chi connectivity index (χ1v) is 6.24. The summed E-state index contributed by atoms with van der Waals surface area (Å²) in [4.78, 5) is 10.7. The van der Waals surface area contributed by atoms with E-state index in [0.717, 1.165) is 6.07 Å². The van der Waals surface area contributed by atoms with Crippen LogP contribution in [0.1, 0.15) is 11.3 Å². The van der Waals surface area contributed by atoms with Crippen LogP contribution in [0, 0.1) is 6.92 Å². The van der Waals surface area contributed by atoms with Crippen molar-refractivity contribution in [1.82, 2.24) is 9.78 Å². The van der Waals surface area contributed by atoms with Gasteiger partial charge in [0.15, 0.2) is 0 Å². The summed E-state index contributed by atoms with van der Waals surface area (Å²) in [6, 6.07) is 3.67. The van der Waals surface area contributed by atoms with Crippen molar-refractivity contribution >= 4 is 5.97 Å². The van der Waals surface area contributed by atoms with Crippen molar-refractivity contribution in [3.63, 3.8) is 0 Å². The molecular weight excluding hydrogens is 301 g/mol. The molecule has 1 heterocycles. The normalized spacial score (nSPS) is 11.5. The van der Waals surface area contributed by atoms with Gasteiger partial charge in [0.1, 0.15) is 12.3 Å². The van der Waals surface area contributed by atoms with Gasteiger partial charge >= 0.3 is 12.1 Å². The van der Waals surface area contributed by atoms with Crippen LogP contribution in [0.4, 0.5) is 13.2 Å². The molecule has 0 aliphatic carbocycles. The molecule has 2 aromatic rings. The molecule has 5 nitrogen and oxygen atoms in total. The second kappa shape index (κ2) is 5.70. The molecule has 0 aliphatic rings. The lowest BCUT2D eigenvalue weighted by Crippen LogP contribution is -2.08. The van der Waals surface area contributed by atoms with Crippen molar-refractivity contribution in [3.05, 3.63) is 35.7 Å². The third-order valence-electron chi connectivity index (χ3n) is 3.06. The predicted octanol–water partition coefficient (Wildman–Crippen LogP) is 2.97. The van der Waals surface area contributed by atoms with E-state index in [0.29, 0.717) is 16.8 Å². The number of benzene rings is 1. The molecule has 0 bridgehead atoms. The number of ether oxygens (including phenoxy) is 1. The first-order valence-electron chi connectivity index (χ1n) is 6.24. The number of hydrogen-bond donors (Lipinski definition) is 1. The van der Waals surface area contributed by atoms with Crippen molar-refractivity contribution in [2.45, 2.75) is 19.6 Å². The van der Waals surface area contributed by atoms with Gasteiger partial charge < -0.3 is 9.84 Å². The van der Waals surface area contributed by atoms with Gasteiger partial charge in [-0.3, -0.25) is 9.48 Å². The number of carboxylic acid groups (broad SMARTS) is 1. The Balaban J connectivity index is 2.49. The molecule has 1 aromatic carbocycles. The highest BCUT2D eigenvalue weighted by molar-refractivity contribution is 5.69. The number of aryl methyl sites for hydroxylation is 1. The molecule has 2 rings (SSSR count). The lowest BCUT2D eigenvalue weighted by atomic mass is 10.0. The molecule has 8 heteroatoms. The molecule has 1 N–H and O–H groups in total. The minimum Gasteiger partial charge on any atom is -0.496 e. The Kier molecular flexibility index (Phi) is 4.11. The third-order valence-corrected chi connectivity index (χ3v) is 3.06. The first kappa shape index (κ1) is 15.9. The van der Waals surface area contributed by atoms with Crippen molar-refractivity contribution in [1.29, 1.82) is 0 Å². The summed E-state index contributed by atoms with van der Waals surface area (Å²) >= 11 is 0. The van der Waals surface area contributed by atoms with E-state index < -0.39 is 17.7 Å². The van der Waals surface area contributed by atoms with Crippen LogP contribution in [0.3, 0.4) is 0 Å². The predicted molar refractivity (Wildman–Crippen MR) is 71.6 cm³/mol. The second-order valence-electron chi connectivity index (χ2n) is 4.63. The average molecular weight is 314 g/mol. The fraction of sp³-hybridized carbons (Fsp3) is 0.286. The number of alkyl halides is 3. The van der Waals surface area contributed by atoms with Gasteiger partial charge in [0.25, 0.3) is 0 Å². The van der Waals surface area contributed by atoms with Crippen LogP contribution < -0.4 is 4.74 Å². The number of aromatic nitrogens is 2. The van der Waals surface area contributed by atoms with E-state index in [4.69, 9.17) is 9.84 Å². The Labute approximate surface area is 123 Å². The van der Waals surface area contributed by atoms with Gasteiger partial charge in [0.2, 0.25) is 0 Å². The summed E-state index contributed by atoms with van der Waals surface area (Å²) in [7, 11) is 1.17. The van der Waals surface area contributed by atoms with E-state index in [1.807, 2.05) is 0 Å². The Hall–Kier alpha value is -2.51. The molecule has 1 aromatic heterocycles. The van der Waals surface area contributed by atoms with E-state index in [9.17, 15) is 18.0 Å². The largest absolute Gasteiger partial charge is 0.496 e. The van der Waals surface area contributed by atoms with E-state index >= 15 is 0 Å². The van der Waals surface area contributed by atoms with Crippen molar-refractivity contribution in [2.75, 3.05) is 7.11 Å². The molecule has 118 valence electrons. The molecule has 22 heavy (non-hydrogen) atoms. The lowest BCUT2D eigenvalue weighted by molar-refractivity contribution is -0.139. The molecule has 0 fully saturated rings. The van der Waals surface area contributed by atoms with Crippen LogP contribution in [0.25, 0.3) is 11.1 Å². The van der Waals surface area contributed by atoms with Crippen LogP contribution >= 0.6 is 0 Å². The van der Waals surface area contributed by atoms with E-state index in [1.165, 1.54) is 30.1 Å². The maximum Gasteiger partial charge on any atom is 0.419 e. The fourth-order valence-corrected chi connectivity index (χ4v) is 2.12. The van der Waals surface area contributed by atoms with Crippen LogP contribution in [0.15, 0.2) is 24.4 Å². The standard InChI is InChI=1S/C14H13F3N2O3/c1-8-10(6-19(18-8)7-13(20)21)9-3-4-12(22-2)11(5-9)14(15,16)17/h3-6H,7H2,1-2H3,(H,20,21). The number of aliphatic carboxylic acids is 1. The van der Waals surface area contributed by atoms with Gasteiger partial charge in [-0.2, -0.15) is 18.3 Å². The van der Waals surface area contributed by atoms with Gasteiger partial charge in [0.05, 0.1) is 18.4 Å². The van der Waals surface area contributed by atoms with Crippen LogP contribution in [-0.2, 0) is 17.5 Å². The van der Waals surface area contributed by atoms with E-state index in [2.05, 4.69) is 5.10 Å². The number of hydrogen-bond acceptors (Lipinski definition) is 3. The molecule has 0 saturated carbocycles. The average Bonchev–Trinajstić information content (AvgIpc) is 2.77. The summed E-state index contributed by atoms with van der Waals surface area (Å²) in [6.07, 6.45) is -3.14. The van der Waals surface area contributed by atoms with Gasteiger partial charge in [-0.1, -0.05) is 6.07 Å². The topological polar surface area (TPSA) is 64.3 Å². The highest BCUT2D eigenvalue weighted by Crippen LogP contribution is 2.39. The summed E-state index contributed by atoms with van der Waals surface area (Å²) in [5, 5.41) is 12.7. The summed E-state index contributed by atoms with van der Waals surface area (Å²) < 4.78 is 45.0. The van der Waals surface area contributed by atoms with Gasteiger partial charge in [-0.25, -0.2) is 0 Å². The smallest absolute Gasteiger partial charge is 0.419 e. The zero-order valence-corrected chi connectivity index (χ0v) is 11.8. The summed E-state index contributed by atoms with van der Waals surface area (Å²) in [5.74, 6) is -1.36. The van der Waals surface area contributed by atoms with E-state index in [1.54, 1.807) is 6.92 Å². The molecule has 0 spiro atoms. The highest BCUT2D eigenvalue weighted by Gasteiger charge is 2.34. The quantitative estimate of drug-likeness (QED) is 0.942. The number of nitrogens with zero attached hydrogens (tertiary/aromatic N) is 2. The summed E-state index contributed by atoms with van der Waals surface area (Å²) in [6.45, 7) is 1.24. The second-order valence-corrected chi connectivity index (χ2v) is 4.63. The number of carbonyl (C=O) groups is 1. The van der Waals surface area contributed by atoms with Crippen LogP contribution in [0.5, 0.6) is 5.75 Å². The fourth-order valence-electron chi connectivity index (χ4n) is 2.12. The SMILES string of the molecule is COc1ccc(-c2cn(CC(=O)O)nc2C)cc1C(F)(F)F. The zero-order valence-electron chi connectivity index (χ0n) is 11.8. The molecule has 0 amide bonds. The molecule has 0 saturated heterocycles. The van der Waals surface area contributed by atoms with E-state index in [-0.39, 0.29) is 12.3 Å². The number of methoxy groups -OCH3 is 1. The molecular formula is C14H13F3N2O3. The Morgan fingerprint density at radius 2 is 2.09 bits per heavy atom. The maximum absolute atomic E-state index is 13.0. The van der Waals surface area contributed by atoms with Crippen molar-refractivity contribution < 1.29 is 27.8 Å². The maximum atomic E-state index is 13.0. The number of halogens is 3. The number of carboxylic acids is 1. The molecule has 0 radical (unpaired) electrons. The lowest BCUT2D eigenvalue weighted by Gasteiger charge is -2.13. The van der Waals surface area contributed by atoms with Gasteiger partial charge in [0, 0.05) is 11.8 Å². The summed E-state index contributed by atoms with van der Waals surface area (Å²) in [5.41, 5.74) is 0.286. The molecule has 0 aliphatic heterocycles. The Morgan fingerprint density at radius 3 is 2.64 bits per heavy atom. The number of rotatable bonds is 4. The van der Waals surface area contributed by atoms with Crippen molar-refractivity contribution in [2.24, 2.45) is 0 Å². The zero-order chi connectivity index (χ0) is 16.5. The molecule has 0 atom stereocenters. The van der Waals surface area contributed by atoms with Crippen molar-refractivity contribution in [3.8, 4) is 16.9 Å². The Bertz CT molecular complexity index is 708. The molecule has 0 unspecified atom stereocenters. The van der Waals surface area contributed by atoms with Gasteiger partial charge in [-0.15, -0.1) is 0 Å².